The Morgan fingerprint density at radius 2 is 1.96 bits per heavy atom. The smallest absolute Gasteiger partial charge is 0.302 e. The van der Waals surface area contributed by atoms with Crippen molar-refractivity contribution in [1.82, 2.24) is 0 Å². The molecule has 7 atom stereocenters. The fourth-order valence-corrected chi connectivity index (χ4v) is 6.94. The number of carbonyl (C=O) groups excluding carboxylic acids is 1. The monoisotopic (exact) mass is 332 g/mol. The Labute approximate surface area is 145 Å². The molecule has 0 aliphatic heterocycles. The van der Waals surface area contributed by atoms with Crippen molar-refractivity contribution in [1.29, 1.82) is 0 Å². The molecular formula is C21H32O3. The first-order valence-electron chi connectivity index (χ1n) is 9.89. The molecule has 4 aliphatic rings. The fraction of sp³-hybridized carbons (Fsp3) is 0.857. The second-order valence-corrected chi connectivity index (χ2v) is 9.37. The van der Waals surface area contributed by atoms with Crippen LogP contribution in [0.1, 0.15) is 72.1 Å². The fourth-order valence-electron chi connectivity index (χ4n) is 6.94. The maximum absolute atomic E-state index is 11.3. The van der Waals surface area contributed by atoms with E-state index in [9.17, 15) is 9.90 Å². The average Bonchev–Trinajstić information content (AvgIpc) is 2.83. The topological polar surface area (TPSA) is 46.5 Å². The molecular weight excluding hydrogens is 300 g/mol. The minimum Gasteiger partial charge on any atom is -0.462 e. The molecule has 4 aliphatic carbocycles. The minimum absolute atomic E-state index is 0.0838. The molecule has 4 unspecified atom stereocenters. The van der Waals surface area contributed by atoms with Crippen LogP contribution in [0.15, 0.2) is 11.6 Å². The molecule has 0 amide bonds. The van der Waals surface area contributed by atoms with Gasteiger partial charge in [-0.15, -0.1) is 0 Å². The number of aliphatic hydroxyl groups excluding tert-OH is 1. The number of hydrogen-bond acceptors (Lipinski definition) is 3. The predicted octanol–water partition coefficient (Wildman–Crippen LogP) is 4.24. The number of esters is 1. The van der Waals surface area contributed by atoms with Crippen molar-refractivity contribution < 1.29 is 14.6 Å². The molecule has 134 valence electrons. The van der Waals surface area contributed by atoms with E-state index >= 15 is 0 Å². The number of carbonyl (C=O) groups is 1. The number of hydrogen-bond donors (Lipinski definition) is 1. The quantitative estimate of drug-likeness (QED) is 0.577. The summed E-state index contributed by atoms with van der Waals surface area (Å²) in [6.07, 6.45) is 11.3. The molecule has 0 aromatic heterocycles. The second kappa shape index (κ2) is 5.59. The summed E-state index contributed by atoms with van der Waals surface area (Å²) < 4.78 is 5.51. The van der Waals surface area contributed by atoms with Crippen LogP contribution in [-0.2, 0) is 9.53 Å². The van der Waals surface area contributed by atoms with Gasteiger partial charge in [-0.2, -0.15) is 0 Å². The van der Waals surface area contributed by atoms with Crippen LogP contribution < -0.4 is 0 Å². The van der Waals surface area contributed by atoms with E-state index in [1.807, 2.05) is 0 Å². The lowest BCUT2D eigenvalue weighted by atomic mass is 9.48. The summed E-state index contributed by atoms with van der Waals surface area (Å²) in [4.78, 5) is 11.3. The highest BCUT2D eigenvalue weighted by Gasteiger charge is 2.58. The Balaban J connectivity index is 1.59. The molecule has 0 saturated heterocycles. The highest BCUT2D eigenvalue weighted by molar-refractivity contribution is 5.66. The van der Waals surface area contributed by atoms with Gasteiger partial charge in [0.2, 0.25) is 0 Å². The lowest BCUT2D eigenvalue weighted by Crippen LogP contribution is -2.51. The van der Waals surface area contributed by atoms with E-state index in [1.54, 1.807) is 5.57 Å². The van der Waals surface area contributed by atoms with Gasteiger partial charge >= 0.3 is 5.97 Å². The van der Waals surface area contributed by atoms with Crippen molar-refractivity contribution in [2.75, 3.05) is 0 Å². The first-order chi connectivity index (χ1) is 11.3. The van der Waals surface area contributed by atoms with Crippen LogP contribution in [0.3, 0.4) is 0 Å². The van der Waals surface area contributed by atoms with E-state index in [1.165, 1.54) is 26.2 Å². The number of rotatable bonds is 1. The van der Waals surface area contributed by atoms with Gasteiger partial charge in [0.15, 0.2) is 0 Å². The minimum atomic E-state index is -0.147. The zero-order valence-corrected chi connectivity index (χ0v) is 15.4. The maximum atomic E-state index is 11.3. The largest absolute Gasteiger partial charge is 0.462 e. The van der Waals surface area contributed by atoms with Crippen LogP contribution in [0.4, 0.5) is 0 Å². The third kappa shape index (κ3) is 2.30. The van der Waals surface area contributed by atoms with Gasteiger partial charge in [0, 0.05) is 13.3 Å². The Bertz CT molecular complexity index is 567. The highest BCUT2D eigenvalue weighted by Crippen LogP contribution is 2.64. The number of aliphatic hydroxyl groups is 1. The van der Waals surface area contributed by atoms with Crippen molar-refractivity contribution in [3.8, 4) is 0 Å². The molecule has 0 spiro atoms. The summed E-state index contributed by atoms with van der Waals surface area (Å²) in [5.41, 5.74) is 1.98. The zero-order valence-electron chi connectivity index (χ0n) is 15.4. The van der Waals surface area contributed by atoms with Crippen LogP contribution >= 0.6 is 0 Å². The third-order valence-electron chi connectivity index (χ3n) is 8.34. The van der Waals surface area contributed by atoms with Crippen LogP contribution in [0.2, 0.25) is 0 Å². The van der Waals surface area contributed by atoms with E-state index in [2.05, 4.69) is 19.9 Å². The first kappa shape index (κ1) is 16.6. The van der Waals surface area contributed by atoms with Crippen molar-refractivity contribution >= 4 is 5.97 Å². The summed E-state index contributed by atoms with van der Waals surface area (Å²) in [7, 11) is 0. The molecule has 3 nitrogen and oxygen atoms in total. The van der Waals surface area contributed by atoms with Gasteiger partial charge in [0.1, 0.15) is 6.10 Å². The van der Waals surface area contributed by atoms with Gasteiger partial charge in [-0.1, -0.05) is 25.5 Å². The molecule has 0 aromatic rings. The van der Waals surface area contributed by atoms with Crippen LogP contribution in [0.25, 0.3) is 0 Å². The van der Waals surface area contributed by atoms with Crippen LogP contribution in [0, 0.1) is 28.6 Å². The molecule has 0 bridgehead atoms. The Morgan fingerprint density at radius 1 is 1.17 bits per heavy atom. The Morgan fingerprint density at radius 3 is 2.71 bits per heavy atom. The standard InChI is InChI=1S/C21H32O3/c1-13(22)24-15-8-10-20(2)14(12-15)4-5-16-17-6-7-19(23)21(17,3)11-9-18(16)20/h4,15-19,23H,5-12H2,1-3H3/t15-,16?,17?,18?,19?,20-,21-/m0/s1. The van der Waals surface area contributed by atoms with Gasteiger partial charge < -0.3 is 9.84 Å². The van der Waals surface area contributed by atoms with E-state index in [4.69, 9.17) is 4.74 Å². The molecule has 0 radical (unpaired) electrons. The summed E-state index contributed by atoms with van der Waals surface area (Å²) in [6.45, 7) is 6.32. The van der Waals surface area contributed by atoms with E-state index < -0.39 is 0 Å². The van der Waals surface area contributed by atoms with E-state index in [0.717, 1.165) is 43.9 Å². The molecule has 0 aromatic carbocycles. The molecule has 1 N–H and O–H groups in total. The summed E-state index contributed by atoms with van der Waals surface area (Å²) in [5, 5.41) is 10.5. The van der Waals surface area contributed by atoms with Gasteiger partial charge in [-0.05, 0) is 73.5 Å². The lowest BCUT2D eigenvalue weighted by molar-refractivity contribution is -0.148. The normalized spacial score (nSPS) is 50.3. The van der Waals surface area contributed by atoms with Crippen molar-refractivity contribution in [3.05, 3.63) is 11.6 Å². The van der Waals surface area contributed by atoms with E-state index in [0.29, 0.717) is 5.92 Å². The first-order valence-corrected chi connectivity index (χ1v) is 9.89. The van der Waals surface area contributed by atoms with Crippen molar-refractivity contribution in [2.45, 2.75) is 84.3 Å². The van der Waals surface area contributed by atoms with E-state index in [-0.39, 0.29) is 29.0 Å². The zero-order chi connectivity index (χ0) is 17.1. The number of fused-ring (bicyclic) bond motifs is 5. The van der Waals surface area contributed by atoms with Gasteiger partial charge in [-0.3, -0.25) is 4.79 Å². The van der Waals surface area contributed by atoms with Gasteiger partial charge in [0.05, 0.1) is 6.10 Å². The van der Waals surface area contributed by atoms with Crippen molar-refractivity contribution in [3.63, 3.8) is 0 Å². The Hall–Kier alpha value is -0.830. The van der Waals surface area contributed by atoms with Crippen LogP contribution in [-0.4, -0.2) is 23.3 Å². The van der Waals surface area contributed by atoms with Crippen LogP contribution in [0.5, 0.6) is 0 Å². The molecule has 24 heavy (non-hydrogen) atoms. The molecule has 0 heterocycles. The SMILES string of the molecule is CC(=O)O[C@H]1CC[C@@]2(C)C(=CCC3C4CCC(O)[C@@]4(C)CCC32)C1. The average molecular weight is 332 g/mol. The van der Waals surface area contributed by atoms with Gasteiger partial charge in [-0.25, -0.2) is 0 Å². The summed E-state index contributed by atoms with van der Waals surface area (Å²) in [5.74, 6) is 2.03. The second-order valence-electron chi connectivity index (χ2n) is 9.37. The lowest BCUT2D eigenvalue weighted by Gasteiger charge is -2.57. The third-order valence-corrected chi connectivity index (χ3v) is 8.34. The maximum Gasteiger partial charge on any atom is 0.302 e. The van der Waals surface area contributed by atoms with Crippen molar-refractivity contribution in [2.24, 2.45) is 28.6 Å². The number of ether oxygens (including phenoxy) is 1. The highest BCUT2D eigenvalue weighted by atomic mass is 16.5. The predicted molar refractivity (Wildman–Crippen MR) is 93.3 cm³/mol. The molecule has 3 heteroatoms. The summed E-state index contributed by atoms with van der Waals surface area (Å²) >= 11 is 0. The van der Waals surface area contributed by atoms with Gasteiger partial charge in [0.25, 0.3) is 0 Å². The number of allylic oxidation sites excluding steroid dienone is 1. The molecule has 4 rings (SSSR count). The molecule has 3 fully saturated rings. The summed E-state index contributed by atoms with van der Waals surface area (Å²) in [6, 6.07) is 0. The molecule has 3 saturated carbocycles. The Kier molecular flexibility index (Phi) is 3.87.